The lowest BCUT2D eigenvalue weighted by atomic mass is 10.0. The average Bonchev–Trinajstić information content (AvgIpc) is 3.00. The Balaban J connectivity index is 1.89. The lowest BCUT2D eigenvalue weighted by Crippen LogP contribution is -2.28. The number of rotatable bonds is 4. The third-order valence-electron chi connectivity index (χ3n) is 4.13. The molecule has 1 aromatic carbocycles. The van der Waals surface area contributed by atoms with Gasteiger partial charge in [0.05, 0.1) is 22.7 Å². The van der Waals surface area contributed by atoms with Crippen LogP contribution in [0.2, 0.25) is 5.28 Å². The fourth-order valence-corrected chi connectivity index (χ4v) is 3.30. The third-order valence-corrected chi connectivity index (χ3v) is 4.42. The average molecular weight is 317 g/mol. The number of halogens is 1. The summed E-state index contributed by atoms with van der Waals surface area (Å²) in [6.45, 7) is 3.29. The molecular weight excluding hydrogens is 300 g/mol. The SMILES string of the molecule is CCCC1CC(=O)N(Cn2c(Cl)nc3ccc(C#N)cc32)C1. The first-order chi connectivity index (χ1) is 10.6. The van der Waals surface area contributed by atoms with Crippen LogP contribution < -0.4 is 0 Å². The van der Waals surface area contributed by atoms with Crippen LogP contribution in [0.4, 0.5) is 0 Å². The van der Waals surface area contributed by atoms with Gasteiger partial charge >= 0.3 is 0 Å². The van der Waals surface area contributed by atoms with Crippen LogP contribution in [-0.2, 0) is 11.5 Å². The molecule has 1 aliphatic rings. The van der Waals surface area contributed by atoms with Gasteiger partial charge in [0.15, 0.2) is 0 Å². The first-order valence-electron chi connectivity index (χ1n) is 7.46. The molecule has 0 aliphatic carbocycles. The van der Waals surface area contributed by atoms with Crippen molar-refractivity contribution in [1.29, 1.82) is 5.26 Å². The van der Waals surface area contributed by atoms with Crippen molar-refractivity contribution in [3.63, 3.8) is 0 Å². The number of aromatic nitrogens is 2. The largest absolute Gasteiger partial charge is 0.324 e. The second kappa shape index (κ2) is 5.98. The lowest BCUT2D eigenvalue weighted by molar-refractivity contribution is -0.129. The Morgan fingerprint density at radius 3 is 3.05 bits per heavy atom. The molecule has 1 aliphatic heterocycles. The highest BCUT2D eigenvalue weighted by molar-refractivity contribution is 6.29. The summed E-state index contributed by atoms with van der Waals surface area (Å²) in [4.78, 5) is 18.3. The number of benzene rings is 1. The van der Waals surface area contributed by atoms with E-state index in [0.717, 1.165) is 30.4 Å². The number of nitriles is 1. The minimum absolute atomic E-state index is 0.160. The summed E-state index contributed by atoms with van der Waals surface area (Å²) in [5, 5.41) is 9.38. The van der Waals surface area contributed by atoms with Crippen molar-refractivity contribution >= 4 is 28.5 Å². The van der Waals surface area contributed by atoms with E-state index in [1.54, 1.807) is 22.8 Å². The van der Waals surface area contributed by atoms with Gasteiger partial charge in [-0.25, -0.2) is 4.98 Å². The molecule has 0 saturated carbocycles. The van der Waals surface area contributed by atoms with Crippen LogP contribution in [0.15, 0.2) is 18.2 Å². The smallest absolute Gasteiger partial charge is 0.224 e. The quantitative estimate of drug-likeness (QED) is 0.870. The van der Waals surface area contributed by atoms with Gasteiger partial charge in [-0.1, -0.05) is 13.3 Å². The Morgan fingerprint density at radius 1 is 1.50 bits per heavy atom. The van der Waals surface area contributed by atoms with Crippen LogP contribution in [0.1, 0.15) is 31.7 Å². The maximum absolute atomic E-state index is 12.2. The van der Waals surface area contributed by atoms with Crippen LogP contribution in [0.5, 0.6) is 0 Å². The van der Waals surface area contributed by atoms with Crippen molar-refractivity contribution in [2.24, 2.45) is 5.92 Å². The standard InChI is InChI=1S/C16H17ClN4O/c1-2-3-12-7-15(22)20(9-12)10-21-14-6-11(8-18)4-5-13(14)19-16(21)17/h4-6,12H,2-3,7,9-10H2,1H3. The number of carbonyl (C=O) groups is 1. The van der Waals surface area contributed by atoms with Crippen LogP contribution in [-0.4, -0.2) is 26.9 Å². The lowest BCUT2D eigenvalue weighted by Gasteiger charge is -2.18. The van der Waals surface area contributed by atoms with Gasteiger partial charge in [-0.05, 0) is 42.1 Å². The zero-order chi connectivity index (χ0) is 15.7. The predicted octanol–water partition coefficient (Wildman–Crippen LogP) is 3.17. The number of amides is 1. The van der Waals surface area contributed by atoms with Crippen molar-refractivity contribution in [2.75, 3.05) is 6.54 Å². The molecule has 3 rings (SSSR count). The number of carbonyl (C=O) groups excluding carboxylic acids is 1. The van der Waals surface area contributed by atoms with E-state index >= 15 is 0 Å². The van der Waals surface area contributed by atoms with Gasteiger partial charge in [0.2, 0.25) is 11.2 Å². The molecule has 0 spiro atoms. The second-order valence-electron chi connectivity index (χ2n) is 5.74. The molecule has 22 heavy (non-hydrogen) atoms. The van der Waals surface area contributed by atoms with Crippen molar-refractivity contribution in [3.05, 3.63) is 29.0 Å². The van der Waals surface area contributed by atoms with Crippen LogP contribution in [0.25, 0.3) is 11.0 Å². The van der Waals surface area contributed by atoms with Gasteiger partial charge in [-0.15, -0.1) is 0 Å². The first-order valence-corrected chi connectivity index (χ1v) is 7.83. The highest BCUT2D eigenvalue weighted by Crippen LogP contribution is 2.26. The molecule has 5 nitrogen and oxygen atoms in total. The molecule has 2 heterocycles. The van der Waals surface area contributed by atoms with Gasteiger partial charge in [0.1, 0.15) is 6.67 Å². The highest BCUT2D eigenvalue weighted by atomic mass is 35.5. The molecule has 1 saturated heterocycles. The maximum atomic E-state index is 12.2. The number of hydrogen-bond donors (Lipinski definition) is 0. The molecule has 0 bridgehead atoms. The minimum atomic E-state index is 0.160. The zero-order valence-electron chi connectivity index (χ0n) is 12.4. The molecule has 0 radical (unpaired) electrons. The molecule has 1 unspecified atom stereocenters. The van der Waals surface area contributed by atoms with Crippen LogP contribution in [0.3, 0.4) is 0 Å². The number of hydrogen-bond acceptors (Lipinski definition) is 3. The van der Waals surface area contributed by atoms with E-state index < -0.39 is 0 Å². The van der Waals surface area contributed by atoms with Gasteiger partial charge in [-0.3, -0.25) is 9.36 Å². The van der Waals surface area contributed by atoms with E-state index in [1.165, 1.54) is 0 Å². The van der Waals surface area contributed by atoms with Crippen LogP contribution >= 0.6 is 11.6 Å². The summed E-state index contributed by atoms with van der Waals surface area (Å²) in [5.74, 6) is 0.591. The third kappa shape index (κ3) is 2.67. The maximum Gasteiger partial charge on any atom is 0.224 e. The molecule has 1 amide bonds. The van der Waals surface area contributed by atoms with Gasteiger partial charge in [0, 0.05) is 13.0 Å². The summed E-state index contributed by atoms with van der Waals surface area (Å²) in [6.07, 6.45) is 2.77. The van der Waals surface area contributed by atoms with Gasteiger partial charge in [0.25, 0.3) is 0 Å². The normalized spacial score (nSPS) is 18.1. The topological polar surface area (TPSA) is 61.9 Å². The van der Waals surface area contributed by atoms with E-state index in [-0.39, 0.29) is 5.91 Å². The summed E-state index contributed by atoms with van der Waals surface area (Å²) in [5.41, 5.74) is 2.08. The van der Waals surface area contributed by atoms with E-state index in [4.69, 9.17) is 16.9 Å². The summed E-state index contributed by atoms with van der Waals surface area (Å²) >= 11 is 6.22. The number of likely N-dealkylation sites (tertiary alicyclic amines) is 1. The number of nitrogens with zero attached hydrogens (tertiary/aromatic N) is 4. The predicted molar refractivity (Wildman–Crippen MR) is 84.2 cm³/mol. The van der Waals surface area contributed by atoms with E-state index in [2.05, 4.69) is 18.0 Å². The Kier molecular flexibility index (Phi) is 4.04. The summed E-state index contributed by atoms with van der Waals surface area (Å²) in [7, 11) is 0. The fourth-order valence-electron chi connectivity index (χ4n) is 3.06. The fraction of sp³-hybridized carbons (Fsp3) is 0.438. The van der Waals surface area contributed by atoms with E-state index in [0.29, 0.717) is 29.9 Å². The van der Waals surface area contributed by atoms with E-state index in [9.17, 15) is 4.79 Å². The molecule has 114 valence electrons. The van der Waals surface area contributed by atoms with Crippen molar-refractivity contribution < 1.29 is 4.79 Å². The highest BCUT2D eigenvalue weighted by Gasteiger charge is 2.29. The summed E-state index contributed by atoms with van der Waals surface area (Å²) in [6, 6.07) is 7.38. The van der Waals surface area contributed by atoms with E-state index in [1.807, 2.05) is 4.90 Å². The molecular formula is C16H17ClN4O. The molecule has 2 aromatic rings. The zero-order valence-corrected chi connectivity index (χ0v) is 13.2. The molecule has 6 heteroatoms. The Labute approximate surface area is 134 Å². The number of fused-ring (bicyclic) bond motifs is 1. The minimum Gasteiger partial charge on any atom is -0.324 e. The molecule has 1 atom stereocenters. The molecule has 0 N–H and O–H groups in total. The monoisotopic (exact) mass is 316 g/mol. The number of imidazole rings is 1. The van der Waals surface area contributed by atoms with Crippen molar-refractivity contribution in [2.45, 2.75) is 32.9 Å². The molecule has 1 fully saturated rings. The van der Waals surface area contributed by atoms with Crippen LogP contribution in [0, 0.1) is 17.2 Å². The Bertz CT molecular complexity index is 761. The van der Waals surface area contributed by atoms with Crippen molar-refractivity contribution in [1.82, 2.24) is 14.5 Å². The van der Waals surface area contributed by atoms with Gasteiger partial charge in [-0.2, -0.15) is 5.26 Å². The first kappa shape index (κ1) is 14.9. The van der Waals surface area contributed by atoms with Gasteiger partial charge < -0.3 is 4.90 Å². The van der Waals surface area contributed by atoms with Crippen molar-refractivity contribution in [3.8, 4) is 6.07 Å². The Hall–Kier alpha value is -2.06. The molecule has 1 aromatic heterocycles. The Morgan fingerprint density at radius 2 is 2.32 bits per heavy atom. The second-order valence-corrected chi connectivity index (χ2v) is 6.08. The summed E-state index contributed by atoms with van der Waals surface area (Å²) < 4.78 is 1.80.